The van der Waals surface area contributed by atoms with Crippen molar-refractivity contribution in [1.82, 2.24) is 0 Å². The van der Waals surface area contributed by atoms with Gasteiger partial charge in [-0.2, -0.15) is 0 Å². The van der Waals surface area contributed by atoms with Crippen molar-refractivity contribution >= 4 is 22.6 Å². The molecule has 1 aromatic heterocycles. The van der Waals surface area contributed by atoms with Gasteiger partial charge in [-0.3, -0.25) is 0 Å². The molecular weight excluding hydrogens is 224 g/mol. The van der Waals surface area contributed by atoms with Gasteiger partial charge in [0.2, 0.25) is 0 Å². The molecule has 1 heterocycles. The van der Waals surface area contributed by atoms with E-state index in [-0.39, 0.29) is 5.76 Å². The number of furan rings is 1. The molecule has 15 heavy (non-hydrogen) atoms. The normalized spacial score (nSPS) is 13.7. The first-order valence-corrected chi connectivity index (χ1v) is 4.69. The quantitative estimate of drug-likeness (QED) is 0.861. The zero-order valence-corrected chi connectivity index (χ0v) is 8.34. The van der Waals surface area contributed by atoms with Crippen LogP contribution < -0.4 is 5.73 Å². The van der Waals surface area contributed by atoms with Gasteiger partial charge in [-0.05, 0) is 12.1 Å². The first-order valence-electron chi connectivity index (χ1n) is 4.31. The van der Waals surface area contributed by atoms with Gasteiger partial charge >= 0.3 is 0 Å². The van der Waals surface area contributed by atoms with Crippen LogP contribution in [0.25, 0.3) is 11.0 Å². The Morgan fingerprint density at radius 1 is 1.33 bits per heavy atom. The highest BCUT2D eigenvalue weighted by atomic mass is 35.5. The van der Waals surface area contributed by atoms with Gasteiger partial charge in [0.25, 0.3) is 6.43 Å². The molecule has 0 aliphatic heterocycles. The highest BCUT2D eigenvalue weighted by Gasteiger charge is 2.21. The Balaban J connectivity index is 2.52. The number of benzene rings is 1. The molecule has 0 spiro atoms. The van der Waals surface area contributed by atoms with Gasteiger partial charge in [0.1, 0.15) is 11.8 Å². The van der Waals surface area contributed by atoms with Crippen LogP contribution >= 0.6 is 11.6 Å². The van der Waals surface area contributed by atoms with Crippen molar-refractivity contribution in [2.45, 2.75) is 12.5 Å². The lowest BCUT2D eigenvalue weighted by Gasteiger charge is -2.05. The Labute approximate surface area is 89.6 Å². The van der Waals surface area contributed by atoms with Crippen molar-refractivity contribution in [2.24, 2.45) is 5.73 Å². The Kier molecular flexibility index (Phi) is 2.63. The van der Waals surface area contributed by atoms with Gasteiger partial charge < -0.3 is 10.2 Å². The summed E-state index contributed by atoms with van der Waals surface area (Å²) in [6.07, 6.45) is -2.65. The SMILES string of the molecule is NC(c1cc2cccc(Cl)c2o1)C(F)F. The number of hydrogen-bond donors (Lipinski definition) is 1. The summed E-state index contributed by atoms with van der Waals surface area (Å²) >= 11 is 5.83. The third kappa shape index (κ3) is 1.82. The molecule has 1 atom stereocenters. The van der Waals surface area contributed by atoms with Crippen LogP contribution in [0.1, 0.15) is 11.8 Å². The van der Waals surface area contributed by atoms with Crippen LogP contribution in [0.3, 0.4) is 0 Å². The fourth-order valence-electron chi connectivity index (χ4n) is 1.34. The van der Waals surface area contributed by atoms with E-state index >= 15 is 0 Å². The number of nitrogens with two attached hydrogens (primary N) is 1. The molecule has 1 unspecified atom stereocenters. The van der Waals surface area contributed by atoms with Crippen LogP contribution in [0.5, 0.6) is 0 Å². The minimum Gasteiger partial charge on any atom is -0.458 e. The van der Waals surface area contributed by atoms with Gasteiger partial charge in [0.05, 0.1) is 5.02 Å². The molecule has 2 N–H and O–H groups in total. The van der Waals surface area contributed by atoms with Crippen molar-refractivity contribution in [3.63, 3.8) is 0 Å². The van der Waals surface area contributed by atoms with E-state index in [4.69, 9.17) is 21.8 Å². The largest absolute Gasteiger partial charge is 0.458 e. The number of alkyl halides is 2. The molecule has 0 saturated heterocycles. The third-order valence-corrected chi connectivity index (χ3v) is 2.41. The summed E-state index contributed by atoms with van der Waals surface area (Å²) in [4.78, 5) is 0. The second kappa shape index (κ2) is 3.79. The maximum atomic E-state index is 12.3. The van der Waals surface area contributed by atoms with Gasteiger partial charge in [0, 0.05) is 5.39 Å². The van der Waals surface area contributed by atoms with Crippen LogP contribution in [0.15, 0.2) is 28.7 Å². The smallest absolute Gasteiger partial charge is 0.260 e. The summed E-state index contributed by atoms with van der Waals surface area (Å²) in [7, 11) is 0. The second-order valence-corrected chi connectivity index (χ2v) is 3.57. The molecule has 0 radical (unpaired) electrons. The van der Waals surface area contributed by atoms with E-state index in [1.165, 1.54) is 6.07 Å². The number of para-hydroxylation sites is 1. The van der Waals surface area contributed by atoms with Gasteiger partial charge in [-0.15, -0.1) is 0 Å². The van der Waals surface area contributed by atoms with Gasteiger partial charge in [-0.25, -0.2) is 8.78 Å². The minimum atomic E-state index is -2.65. The van der Waals surface area contributed by atoms with Crippen molar-refractivity contribution in [1.29, 1.82) is 0 Å². The average molecular weight is 232 g/mol. The first-order chi connectivity index (χ1) is 7.09. The molecule has 1 aromatic carbocycles. The van der Waals surface area contributed by atoms with E-state index in [0.717, 1.165) is 0 Å². The standard InChI is InChI=1S/C10H8ClF2NO/c11-6-3-1-2-5-4-7(15-9(5)6)8(14)10(12)13/h1-4,8,10H,14H2. The minimum absolute atomic E-state index is 0.0492. The van der Waals surface area contributed by atoms with Crippen LogP contribution in [-0.2, 0) is 0 Å². The number of halogens is 3. The number of rotatable bonds is 2. The zero-order chi connectivity index (χ0) is 11.0. The molecular formula is C10H8ClF2NO. The Morgan fingerprint density at radius 2 is 2.07 bits per heavy atom. The van der Waals surface area contributed by atoms with Crippen molar-refractivity contribution < 1.29 is 13.2 Å². The summed E-state index contributed by atoms with van der Waals surface area (Å²) in [5, 5.41) is 1.06. The van der Waals surface area contributed by atoms with Gasteiger partial charge in [0.15, 0.2) is 5.58 Å². The molecule has 0 amide bonds. The van der Waals surface area contributed by atoms with Crippen molar-refractivity contribution in [3.05, 3.63) is 35.0 Å². The maximum absolute atomic E-state index is 12.3. The second-order valence-electron chi connectivity index (χ2n) is 3.17. The zero-order valence-electron chi connectivity index (χ0n) is 7.58. The number of hydrogen-bond acceptors (Lipinski definition) is 2. The Hall–Kier alpha value is -1.13. The van der Waals surface area contributed by atoms with E-state index in [9.17, 15) is 8.78 Å². The van der Waals surface area contributed by atoms with E-state index in [2.05, 4.69) is 0 Å². The van der Waals surface area contributed by atoms with E-state index in [1.54, 1.807) is 18.2 Å². The Morgan fingerprint density at radius 3 is 2.67 bits per heavy atom. The van der Waals surface area contributed by atoms with E-state index in [0.29, 0.717) is 16.0 Å². The van der Waals surface area contributed by atoms with Crippen LogP contribution in [0, 0.1) is 0 Å². The molecule has 0 fully saturated rings. The molecule has 2 rings (SSSR count). The van der Waals surface area contributed by atoms with Gasteiger partial charge in [-0.1, -0.05) is 23.7 Å². The molecule has 2 aromatic rings. The maximum Gasteiger partial charge on any atom is 0.260 e. The topological polar surface area (TPSA) is 39.2 Å². The molecule has 5 heteroatoms. The summed E-state index contributed by atoms with van der Waals surface area (Å²) in [6.45, 7) is 0. The van der Waals surface area contributed by atoms with Crippen LogP contribution in [0.2, 0.25) is 5.02 Å². The summed E-state index contributed by atoms with van der Waals surface area (Å²) < 4.78 is 29.8. The highest BCUT2D eigenvalue weighted by molar-refractivity contribution is 6.34. The first kappa shape index (κ1) is 10.4. The lowest BCUT2D eigenvalue weighted by Crippen LogP contribution is -2.17. The Bertz CT molecular complexity index is 483. The molecule has 0 aliphatic rings. The molecule has 80 valence electrons. The van der Waals surface area contributed by atoms with Crippen LogP contribution in [0.4, 0.5) is 8.78 Å². The van der Waals surface area contributed by atoms with Crippen LogP contribution in [-0.4, -0.2) is 6.43 Å². The van der Waals surface area contributed by atoms with Crippen molar-refractivity contribution in [2.75, 3.05) is 0 Å². The highest BCUT2D eigenvalue weighted by Crippen LogP contribution is 2.30. The van der Waals surface area contributed by atoms with Crippen molar-refractivity contribution in [3.8, 4) is 0 Å². The summed E-state index contributed by atoms with van der Waals surface area (Å²) in [5.41, 5.74) is 5.66. The number of fused-ring (bicyclic) bond motifs is 1. The third-order valence-electron chi connectivity index (χ3n) is 2.12. The predicted octanol–water partition coefficient (Wildman–Crippen LogP) is 3.35. The molecule has 0 bridgehead atoms. The fourth-order valence-corrected chi connectivity index (χ4v) is 1.56. The van der Waals surface area contributed by atoms with E-state index in [1.807, 2.05) is 0 Å². The molecule has 0 saturated carbocycles. The lowest BCUT2D eigenvalue weighted by molar-refractivity contribution is 0.107. The monoisotopic (exact) mass is 231 g/mol. The molecule has 0 aliphatic carbocycles. The average Bonchev–Trinajstić information content (AvgIpc) is 2.61. The lowest BCUT2D eigenvalue weighted by atomic mass is 10.2. The summed E-state index contributed by atoms with van der Waals surface area (Å²) in [6, 6.07) is 5.15. The predicted molar refractivity (Wildman–Crippen MR) is 54.2 cm³/mol. The fraction of sp³-hybridized carbons (Fsp3) is 0.200. The summed E-state index contributed by atoms with van der Waals surface area (Å²) in [5.74, 6) is 0.0492. The molecule has 2 nitrogen and oxygen atoms in total. The van der Waals surface area contributed by atoms with E-state index < -0.39 is 12.5 Å².